The topological polar surface area (TPSA) is 69.6 Å². The second kappa shape index (κ2) is 5.87. The molecular formula is C13H20N2O3. The maximum Gasteiger partial charge on any atom is 0.310 e. The molecule has 2 unspecified atom stereocenters. The number of likely N-dealkylation sites (tertiary alicyclic amines) is 1. The van der Waals surface area contributed by atoms with E-state index in [1.54, 1.807) is 6.92 Å². The zero-order chi connectivity index (χ0) is 13.8. The van der Waals surface area contributed by atoms with Gasteiger partial charge >= 0.3 is 5.97 Å². The number of nitrogens with zero attached hydrogens (tertiary/aromatic N) is 1. The maximum absolute atomic E-state index is 11.8. The Balaban J connectivity index is 2.63. The molecule has 0 aromatic carbocycles. The van der Waals surface area contributed by atoms with Crippen molar-refractivity contribution < 1.29 is 14.7 Å². The second-order valence-electron chi connectivity index (χ2n) is 4.76. The second-order valence-corrected chi connectivity index (χ2v) is 4.76. The van der Waals surface area contributed by atoms with Crippen molar-refractivity contribution in [3.8, 4) is 12.3 Å². The lowest BCUT2D eigenvalue weighted by Gasteiger charge is -2.26. The number of amides is 1. The molecule has 1 rings (SSSR count). The van der Waals surface area contributed by atoms with Crippen LogP contribution in [0.25, 0.3) is 0 Å². The number of rotatable bonds is 5. The number of aliphatic carboxylic acids is 1. The molecule has 18 heavy (non-hydrogen) atoms. The Kier molecular flexibility index (Phi) is 4.74. The summed E-state index contributed by atoms with van der Waals surface area (Å²) in [6.45, 7) is 4.91. The van der Waals surface area contributed by atoms with Crippen LogP contribution in [0, 0.1) is 17.8 Å². The average Bonchev–Trinajstić information content (AvgIpc) is 2.80. The van der Waals surface area contributed by atoms with E-state index >= 15 is 0 Å². The molecule has 2 atom stereocenters. The fraction of sp³-hybridized carbons (Fsp3) is 0.692. The highest BCUT2D eigenvalue weighted by Gasteiger charge is 2.45. The van der Waals surface area contributed by atoms with Crippen LogP contribution in [0.2, 0.25) is 0 Å². The summed E-state index contributed by atoms with van der Waals surface area (Å²) in [6, 6.07) is -0.342. The highest BCUT2D eigenvalue weighted by atomic mass is 16.4. The Labute approximate surface area is 108 Å². The first kappa shape index (κ1) is 14.5. The number of nitrogens with one attached hydrogen (secondary N) is 1. The Bertz CT molecular complexity index is 375. The Morgan fingerprint density at radius 2 is 2.28 bits per heavy atom. The molecule has 100 valence electrons. The van der Waals surface area contributed by atoms with Gasteiger partial charge in [0.05, 0.1) is 18.0 Å². The van der Waals surface area contributed by atoms with Gasteiger partial charge in [0.1, 0.15) is 0 Å². The Morgan fingerprint density at radius 3 is 2.72 bits per heavy atom. The van der Waals surface area contributed by atoms with E-state index in [1.165, 1.54) is 0 Å². The molecule has 0 aromatic rings. The third-order valence-corrected chi connectivity index (χ3v) is 3.81. The molecule has 1 fully saturated rings. The molecule has 0 aromatic heterocycles. The minimum atomic E-state index is -0.774. The van der Waals surface area contributed by atoms with Crippen LogP contribution >= 0.6 is 0 Å². The van der Waals surface area contributed by atoms with Crippen molar-refractivity contribution in [3.63, 3.8) is 0 Å². The first-order chi connectivity index (χ1) is 8.46. The molecule has 0 aliphatic carbocycles. The van der Waals surface area contributed by atoms with Gasteiger partial charge in [0, 0.05) is 13.1 Å². The van der Waals surface area contributed by atoms with Gasteiger partial charge in [0.15, 0.2) is 0 Å². The summed E-state index contributed by atoms with van der Waals surface area (Å²) in [5, 5.41) is 11.9. The maximum atomic E-state index is 11.8. The van der Waals surface area contributed by atoms with Gasteiger partial charge in [0.2, 0.25) is 5.91 Å². The summed E-state index contributed by atoms with van der Waals surface area (Å²) in [6.07, 6.45) is 6.25. The van der Waals surface area contributed by atoms with Crippen LogP contribution < -0.4 is 5.32 Å². The van der Waals surface area contributed by atoms with Gasteiger partial charge in [-0.05, 0) is 19.8 Å². The summed E-state index contributed by atoms with van der Waals surface area (Å²) in [7, 11) is 0. The van der Waals surface area contributed by atoms with Crippen LogP contribution in [0.1, 0.15) is 26.7 Å². The standard InChI is InChI=1S/C13H20N2O3/c1-4-7-14-11(16)10(3)15-8-6-13(5-2,9-15)12(17)18/h1,10H,5-9H2,2-3H3,(H,14,16)(H,17,18). The van der Waals surface area contributed by atoms with E-state index in [0.29, 0.717) is 25.9 Å². The van der Waals surface area contributed by atoms with Crippen LogP contribution in [0.5, 0.6) is 0 Å². The molecular weight excluding hydrogens is 232 g/mol. The highest BCUT2D eigenvalue weighted by Crippen LogP contribution is 2.35. The molecule has 1 amide bonds. The van der Waals surface area contributed by atoms with Crippen molar-refractivity contribution in [2.75, 3.05) is 19.6 Å². The molecule has 5 heteroatoms. The van der Waals surface area contributed by atoms with Gasteiger partial charge in [0.25, 0.3) is 0 Å². The van der Waals surface area contributed by atoms with E-state index in [9.17, 15) is 14.7 Å². The summed E-state index contributed by atoms with van der Waals surface area (Å²) < 4.78 is 0. The number of carbonyl (C=O) groups is 2. The number of carbonyl (C=O) groups excluding carboxylic acids is 1. The summed E-state index contributed by atoms with van der Waals surface area (Å²) in [5.74, 6) is 1.42. The molecule has 0 bridgehead atoms. The van der Waals surface area contributed by atoms with Crippen LogP contribution in [-0.2, 0) is 9.59 Å². The number of hydrogen-bond donors (Lipinski definition) is 2. The number of carboxylic acid groups (broad SMARTS) is 1. The molecule has 2 N–H and O–H groups in total. The minimum Gasteiger partial charge on any atom is -0.481 e. The lowest BCUT2D eigenvalue weighted by atomic mass is 9.84. The smallest absolute Gasteiger partial charge is 0.310 e. The first-order valence-corrected chi connectivity index (χ1v) is 6.15. The normalized spacial score (nSPS) is 25.4. The fourth-order valence-electron chi connectivity index (χ4n) is 2.30. The van der Waals surface area contributed by atoms with E-state index in [0.717, 1.165) is 0 Å². The summed E-state index contributed by atoms with van der Waals surface area (Å²) in [4.78, 5) is 25.0. The number of hydrogen-bond acceptors (Lipinski definition) is 3. The molecule has 0 saturated carbocycles. The lowest BCUT2D eigenvalue weighted by molar-refractivity contribution is -0.148. The molecule has 1 aliphatic rings. The van der Waals surface area contributed by atoms with E-state index in [-0.39, 0.29) is 18.5 Å². The molecule has 0 radical (unpaired) electrons. The third kappa shape index (κ3) is 2.82. The quantitative estimate of drug-likeness (QED) is 0.691. The summed E-state index contributed by atoms with van der Waals surface area (Å²) in [5.41, 5.74) is -0.708. The fourth-order valence-corrected chi connectivity index (χ4v) is 2.30. The van der Waals surface area contributed by atoms with E-state index in [2.05, 4.69) is 11.2 Å². The van der Waals surface area contributed by atoms with Gasteiger partial charge in [-0.2, -0.15) is 0 Å². The summed E-state index contributed by atoms with van der Waals surface area (Å²) >= 11 is 0. The lowest BCUT2D eigenvalue weighted by Crippen LogP contribution is -2.45. The van der Waals surface area contributed by atoms with Crippen molar-refractivity contribution in [2.45, 2.75) is 32.7 Å². The van der Waals surface area contributed by atoms with Crippen molar-refractivity contribution >= 4 is 11.9 Å². The van der Waals surface area contributed by atoms with Gasteiger partial charge in [-0.25, -0.2) is 0 Å². The SMILES string of the molecule is C#CCNC(=O)C(C)N1CCC(CC)(C(=O)O)C1. The van der Waals surface area contributed by atoms with Gasteiger partial charge in [-0.1, -0.05) is 12.8 Å². The number of terminal acetylenes is 1. The van der Waals surface area contributed by atoms with Crippen molar-refractivity contribution in [3.05, 3.63) is 0 Å². The van der Waals surface area contributed by atoms with Crippen LogP contribution in [0.3, 0.4) is 0 Å². The van der Waals surface area contributed by atoms with Gasteiger partial charge in [-0.3, -0.25) is 14.5 Å². The van der Waals surface area contributed by atoms with Crippen LogP contribution in [0.4, 0.5) is 0 Å². The average molecular weight is 252 g/mol. The molecule has 1 saturated heterocycles. The largest absolute Gasteiger partial charge is 0.481 e. The Morgan fingerprint density at radius 1 is 1.61 bits per heavy atom. The Hall–Kier alpha value is -1.54. The van der Waals surface area contributed by atoms with E-state index in [1.807, 2.05) is 11.8 Å². The molecule has 5 nitrogen and oxygen atoms in total. The third-order valence-electron chi connectivity index (χ3n) is 3.81. The van der Waals surface area contributed by atoms with E-state index < -0.39 is 11.4 Å². The van der Waals surface area contributed by atoms with Gasteiger partial charge < -0.3 is 10.4 Å². The molecule has 0 spiro atoms. The monoisotopic (exact) mass is 252 g/mol. The molecule has 1 aliphatic heterocycles. The van der Waals surface area contributed by atoms with Crippen LogP contribution in [-0.4, -0.2) is 47.6 Å². The predicted molar refractivity (Wildman–Crippen MR) is 67.9 cm³/mol. The van der Waals surface area contributed by atoms with Gasteiger partial charge in [-0.15, -0.1) is 6.42 Å². The first-order valence-electron chi connectivity index (χ1n) is 6.15. The molecule has 1 heterocycles. The minimum absolute atomic E-state index is 0.148. The van der Waals surface area contributed by atoms with Crippen molar-refractivity contribution in [2.24, 2.45) is 5.41 Å². The predicted octanol–water partition coefficient (Wildman–Crippen LogP) is 0.311. The van der Waals surface area contributed by atoms with Crippen molar-refractivity contribution in [1.29, 1.82) is 0 Å². The zero-order valence-electron chi connectivity index (χ0n) is 10.9. The highest BCUT2D eigenvalue weighted by molar-refractivity contribution is 5.82. The van der Waals surface area contributed by atoms with E-state index in [4.69, 9.17) is 6.42 Å². The van der Waals surface area contributed by atoms with Crippen LogP contribution in [0.15, 0.2) is 0 Å². The number of carboxylic acids is 1. The van der Waals surface area contributed by atoms with Crippen molar-refractivity contribution in [1.82, 2.24) is 10.2 Å². The zero-order valence-corrected chi connectivity index (χ0v) is 10.9.